The molecular weight excluding hydrogens is 823 g/mol. The molecule has 2 aromatic carbocycles. The van der Waals surface area contributed by atoms with Crippen LogP contribution in [-0.2, 0) is 39.7 Å². The van der Waals surface area contributed by atoms with Crippen LogP contribution in [0.5, 0.6) is 0 Å². The van der Waals surface area contributed by atoms with Crippen molar-refractivity contribution in [1.82, 2.24) is 26.6 Å². The van der Waals surface area contributed by atoms with Crippen LogP contribution in [0.15, 0.2) is 48.5 Å². The predicted molar refractivity (Wildman–Crippen MR) is 239 cm³/mol. The van der Waals surface area contributed by atoms with Crippen molar-refractivity contribution in [3.8, 4) is 11.1 Å². The average Bonchev–Trinajstić information content (AvgIpc) is 3.63. The minimum Gasteiger partial charge on any atom is -0.481 e. The van der Waals surface area contributed by atoms with Crippen molar-refractivity contribution in [2.24, 2.45) is 34.5 Å². The summed E-state index contributed by atoms with van der Waals surface area (Å²) >= 11 is 0. The molecule has 0 radical (unpaired) electrons. The number of aryl methyl sites for hydroxylation is 1. The Morgan fingerprint density at radius 1 is 0.797 bits per heavy atom. The fourth-order valence-electron chi connectivity index (χ4n) is 9.21. The zero-order valence-electron chi connectivity index (χ0n) is 37.6. The van der Waals surface area contributed by atoms with E-state index in [4.69, 9.17) is 26.5 Å². The van der Waals surface area contributed by atoms with E-state index in [1.807, 2.05) is 31.2 Å². The molecule has 13 N–H and O–H groups in total. The number of carboxylic acid groups (broad SMARTS) is 1. The van der Waals surface area contributed by atoms with Gasteiger partial charge < -0.3 is 63.3 Å². The number of carbonyl (C=O) groups is 6. The first kappa shape index (κ1) is 50.1. The van der Waals surface area contributed by atoms with Gasteiger partial charge in [0.1, 0.15) is 24.2 Å². The Balaban J connectivity index is 1.17. The number of benzene rings is 2. The molecule has 2 bridgehead atoms. The van der Waals surface area contributed by atoms with Crippen LogP contribution in [0.4, 0.5) is 0 Å². The Labute approximate surface area is 375 Å². The molecule has 1 unspecified atom stereocenters. The maximum atomic E-state index is 13.7. The number of nitrogens with two attached hydrogens (primary N) is 3. The number of carboxylic acids is 1. The molecule has 0 spiro atoms. The van der Waals surface area contributed by atoms with Crippen LogP contribution in [0, 0.1) is 17.3 Å². The molecule has 1 saturated heterocycles. The summed E-state index contributed by atoms with van der Waals surface area (Å²) in [6, 6.07) is 9.80. The van der Waals surface area contributed by atoms with Gasteiger partial charge in [0.15, 0.2) is 6.17 Å². The van der Waals surface area contributed by atoms with Crippen LogP contribution >= 0.6 is 0 Å². The number of aliphatic carboxylic acids is 1. The average molecular weight is 891 g/mol. The molecule has 10 atom stereocenters. The highest BCUT2D eigenvalue weighted by Crippen LogP contribution is 2.65. The summed E-state index contributed by atoms with van der Waals surface area (Å²) in [5.41, 5.74) is 21.0. The van der Waals surface area contributed by atoms with E-state index in [0.29, 0.717) is 30.9 Å². The van der Waals surface area contributed by atoms with Crippen molar-refractivity contribution in [3.05, 3.63) is 59.7 Å². The van der Waals surface area contributed by atoms with Crippen LogP contribution in [0.3, 0.4) is 0 Å². The van der Waals surface area contributed by atoms with Gasteiger partial charge in [0, 0.05) is 12.0 Å². The third kappa shape index (κ3) is 12.0. The molecule has 5 amide bonds. The first-order chi connectivity index (χ1) is 30.3. The molecule has 0 aromatic heterocycles. The first-order valence-electron chi connectivity index (χ1n) is 22.4. The summed E-state index contributed by atoms with van der Waals surface area (Å²) in [4.78, 5) is 78.8. The SMILES string of the molecule is CCCCc1ccc(-c2ccc(C(=O)N[C@@H](CCCCN)C(=O)N[C@H](C(=O)N[C@@H](N)C(=O)N[C@@H](CCC(=O)O)C(=O)N[C@@H](N)B3OC4C[C@@H]5C[C@@H](C5(C)C)[C@]4(C)O3)[C@@H](C)O)cc2)cc1. The van der Waals surface area contributed by atoms with Crippen molar-refractivity contribution >= 4 is 42.6 Å². The van der Waals surface area contributed by atoms with Crippen molar-refractivity contribution in [1.29, 1.82) is 0 Å². The lowest BCUT2D eigenvalue weighted by molar-refractivity contribution is -0.199. The smallest absolute Gasteiger partial charge is 0.481 e. The van der Waals surface area contributed by atoms with E-state index in [2.05, 4.69) is 59.5 Å². The molecule has 3 aliphatic carbocycles. The van der Waals surface area contributed by atoms with Gasteiger partial charge in [-0.15, -0.1) is 0 Å². The van der Waals surface area contributed by atoms with Gasteiger partial charge in [-0.3, -0.25) is 28.8 Å². The maximum absolute atomic E-state index is 13.7. The van der Waals surface area contributed by atoms with Crippen LogP contribution in [0.1, 0.15) is 108 Å². The Kier molecular flexibility index (Phi) is 17.1. The van der Waals surface area contributed by atoms with E-state index < -0.39 is 91.1 Å². The third-order valence-corrected chi connectivity index (χ3v) is 13.3. The summed E-state index contributed by atoms with van der Waals surface area (Å²) in [6.07, 6.45) is 1.79. The largest absolute Gasteiger partial charge is 0.497 e. The summed E-state index contributed by atoms with van der Waals surface area (Å²) in [6.45, 7) is 10.1. The number of aliphatic hydroxyl groups is 1. The van der Waals surface area contributed by atoms with E-state index >= 15 is 0 Å². The highest BCUT2D eigenvalue weighted by atomic mass is 16.7. The van der Waals surface area contributed by atoms with Crippen LogP contribution in [0.25, 0.3) is 11.1 Å². The standard InChI is InChI=1S/C45H67BN8O10/c1-6-7-10-26-12-14-27(15-13-26)28-16-18-29(19-17-28)38(58)50-31(11-8-9-22-47)39(59)52-36(25(2)55)41(61)53-37(48)42(62)51-32(20-21-35(56)57)40(60)54-43(49)46-63-34-24-30-23-33(44(30,3)4)45(34,5)64-46/h12-19,25,30-34,36-37,43,55H,6-11,20-24,47-49H2,1-5H3,(H,50,58)(H,51,62)(H,52,59)(H,53,61)(H,54,60)(H,56,57)/t25-,30+,31+,32+,33+,34?,36+,37-,43-,45+/m1/s1. The highest BCUT2D eigenvalue weighted by Gasteiger charge is 2.68. The maximum Gasteiger partial charge on any atom is 0.497 e. The fraction of sp³-hybridized carbons (Fsp3) is 0.600. The summed E-state index contributed by atoms with van der Waals surface area (Å²) in [5.74, 6) is -4.80. The van der Waals surface area contributed by atoms with Crippen LogP contribution in [0.2, 0.25) is 0 Å². The summed E-state index contributed by atoms with van der Waals surface area (Å²) < 4.78 is 12.5. The van der Waals surface area contributed by atoms with Gasteiger partial charge in [-0.2, -0.15) is 0 Å². The lowest BCUT2D eigenvalue weighted by atomic mass is 9.43. The lowest BCUT2D eigenvalue weighted by Crippen LogP contribution is -2.65. The molecule has 1 aliphatic heterocycles. The molecule has 1 heterocycles. The van der Waals surface area contributed by atoms with Gasteiger partial charge in [0.25, 0.3) is 11.8 Å². The molecular formula is C45H67BN8O10. The lowest BCUT2D eigenvalue weighted by Gasteiger charge is -2.64. The highest BCUT2D eigenvalue weighted by molar-refractivity contribution is 6.47. The second-order valence-electron chi connectivity index (χ2n) is 18.3. The number of unbranched alkanes of at least 4 members (excludes halogenated alkanes) is 2. The fourth-order valence-corrected chi connectivity index (χ4v) is 9.21. The van der Waals surface area contributed by atoms with Crippen molar-refractivity contribution in [2.45, 2.75) is 147 Å². The minimum atomic E-state index is -1.82. The Bertz CT molecular complexity index is 1970. The number of amides is 5. The van der Waals surface area contributed by atoms with Crippen molar-refractivity contribution in [3.63, 3.8) is 0 Å². The topological polar surface area (TPSA) is 300 Å². The molecule has 2 aromatic rings. The van der Waals surface area contributed by atoms with Crippen molar-refractivity contribution < 1.29 is 48.3 Å². The Morgan fingerprint density at radius 3 is 2.02 bits per heavy atom. The van der Waals surface area contributed by atoms with Crippen molar-refractivity contribution in [2.75, 3.05) is 6.54 Å². The number of carbonyl (C=O) groups excluding carboxylic acids is 5. The molecule has 19 heteroatoms. The Hall–Kier alpha value is -4.92. The summed E-state index contributed by atoms with van der Waals surface area (Å²) in [5, 5.41) is 32.3. The molecule has 6 rings (SSSR count). The van der Waals surface area contributed by atoms with Gasteiger partial charge in [-0.1, -0.05) is 63.6 Å². The van der Waals surface area contributed by atoms with Gasteiger partial charge in [-0.25, -0.2) is 0 Å². The number of aliphatic hydroxyl groups excluding tert-OH is 1. The molecule has 18 nitrogen and oxygen atoms in total. The Morgan fingerprint density at radius 2 is 1.42 bits per heavy atom. The quantitative estimate of drug-likeness (QED) is 0.0427. The second kappa shape index (κ2) is 21.8. The van der Waals surface area contributed by atoms with Crippen LogP contribution in [-0.4, -0.2) is 108 Å². The minimum absolute atomic E-state index is 0.0680. The van der Waals surface area contributed by atoms with E-state index in [1.54, 1.807) is 12.1 Å². The molecule has 4 aliphatic rings. The predicted octanol–water partition coefficient (Wildman–Crippen LogP) is 1.21. The third-order valence-electron chi connectivity index (χ3n) is 13.3. The zero-order valence-corrected chi connectivity index (χ0v) is 37.6. The number of rotatable bonds is 23. The van der Waals surface area contributed by atoms with E-state index in [9.17, 15) is 39.0 Å². The molecule has 350 valence electrons. The van der Waals surface area contributed by atoms with E-state index in [-0.39, 0.29) is 30.3 Å². The normalized spacial score (nSPS) is 23.5. The van der Waals surface area contributed by atoms with Gasteiger partial charge >= 0.3 is 13.1 Å². The van der Waals surface area contributed by atoms with Crippen LogP contribution < -0.4 is 43.8 Å². The monoisotopic (exact) mass is 891 g/mol. The molecule has 64 heavy (non-hydrogen) atoms. The van der Waals surface area contributed by atoms with Gasteiger partial charge in [0.2, 0.25) is 17.7 Å². The molecule has 3 saturated carbocycles. The second-order valence-corrected chi connectivity index (χ2v) is 18.3. The first-order valence-corrected chi connectivity index (χ1v) is 22.4. The van der Waals surface area contributed by atoms with E-state index in [0.717, 1.165) is 43.2 Å². The van der Waals surface area contributed by atoms with Gasteiger partial charge in [0.05, 0.1) is 17.8 Å². The van der Waals surface area contributed by atoms with Gasteiger partial charge in [-0.05, 0) is 118 Å². The number of nitrogens with one attached hydrogen (secondary N) is 5. The van der Waals surface area contributed by atoms with E-state index in [1.165, 1.54) is 12.5 Å². The molecule has 4 fully saturated rings. The summed E-state index contributed by atoms with van der Waals surface area (Å²) in [7, 11) is -0.997. The number of hydrogen-bond donors (Lipinski definition) is 10. The number of hydrogen-bond acceptors (Lipinski definition) is 12. The zero-order chi connectivity index (χ0) is 46.9.